The molecule has 0 N–H and O–H groups in total. The molecule has 4 nitrogen and oxygen atoms in total. The van der Waals surface area contributed by atoms with Crippen LogP contribution < -0.4 is 0 Å². The molecule has 1 aliphatic heterocycles. The number of rotatable bonds is 1. The van der Waals surface area contributed by atoms with Gasteiger partial charge in [0.1, 0.15) is 5.76 Å². The Hall–Kier alpha value is -1.46. The molecule has 17 heavy (non-hydrogen) atoms. The molecule has 0 atom stereocenters. The van der Waals surface area contributed by atoms with Gasteiger partial charge >= 0.3 is 0 Å². The fraction of sp³-hybridized carbons (Fsp3) is 0.636. The molecule has 0 radical (unpaired) electrons. The zero-order valence-corrected chi connectivity index (χ0v) is 9.21. The van der Waals surface area contributed by atoms with Crippen molar-refractivity contribution in [2.45, 2.75) is 31.6 Å². The first-order valence-corrected chi connectivity index (χ1v) is 5.71. The van der Waals surface area contributed by atoms with Crippen molar-refractivity contribution in [3.63, 3.8) is 0 Å². The average Bonchev–Trinajstić information content (AvgIpc) is 2.68. The van der Waals surface area contributed by atoms with E-state index in [4.69, 9.17) is 4.52 Å². The summed E-state index contributed by atoms with van der Waals surface area (Å²) in [5.74, 6) is -2.42. The Morgan fingerprint density at radius 2 is 2.00 bits per heavy atom. The maximum atomic E-state index is 12.7. The Labute approximate surface area is 96.6 Å². The van der Waals surface area contributed by atoms with Gasteiger partial charge in [-0.15, -0.1) is 0 Å². The lowest BCUT2D eigenvalue weighted by molar-refractivity contribution is -0.113. The van der Waals surface area contributed by atoms with Crippen molar-refractivity contribution in [2.75, 3.05) is 13.1 Å². The Morgan fingerprint density at radius 3 is 2.71 bits per heavy atom. The molecule has 1 aliphatic carbocycles. The number of likely N-dealkylation sites (tertiary alicyclic amines) is 1. The number of halogens is 2. The summed E-state index contributed by atoms with van der Waals surface area (Å²) in [6.07, 6.45) is 3.55. The highest BCUT2D eigenvalue weighted by atomic mass is 19.3. The molecular weight excluding hydrogens is 230 g/mol. The van der Waals surface area contributed by atoms with Crippen LogP contribution in [0.15, 0.2) is 4.52 Å². The van der Waals surface area contributed by atoms with Gasteiger partial charge in [0.25, 0.3) is 11.8 Å². The van der Waals surface area contributed by atoms with Gasteiger partial charge in [0.15, 0.2) is 5.69 Å². The maximum Gasteiger partial charge on any atom is 0.282 e. The summed E-state index contributed by atoms with van der Waals surface area (Å²) in [7, 11) is 0. The molecule has 6 heteroatoms. The number of aromatic nitrogens is 1. The van der Waals surface area contributed by atoms with Crippen molar-refractivity contribution in [2.24, 2.45) is 0 Å². The van der Waals surface area contributed by atoms with Crippen molar-refractivity contribution >= 4 is 5.91 Å². The third kappa shape index (κ3) is 1.71. The van der Waals surface area contributed by atoms with Gasteiger partial charge in [-0.3, -0.25) is 4.79 Å². The molecule has 1 fully saturated rings. The molecular formula is C11H12F2N2O2. The summed E-state index contributed by atoms with van der Waals surface area (Å²) >= 11 is 0. The van der Waals surface area contributed by atoms with Crippen LogP contribution in [0.4, 0.5) is 8.78 Å². The standard InChI is InChI=1S/C11H12F2N2O2/c12-11(13)5-15(6-11)10(16)9-7-3-1-2-4-8(7)17-14-9/h1-6H2. The molecule has 0 bridgehead atoms. The van der Waals surface area contributed by atoms with E-state index in [1.54, 1.807) is 0 Å². The molecule has 2 aliphatic rings. The molecule has 1 amide bonds. The second-order valence-corrected chi connectivity index (χ2v) is 4.66. The summed E-state index contributed by atoms with van der Waals surface area (Å²) in [5.41, 5.74) is 1.05. The lowest BCUT2D eigenvalue weighted by atomic mass is 9.95. The molecule has 0 spiro atoms. The van der Waals surface area contributed by atoms with Gasteiger partial charge in [-0.05, 0) is 19.3 Å². The summed E-state index contributed by atoms with van der Waals surface area (Å²) in [4.78, 5) is 13.0. The zero-order chi connectivity index (χ0) is 12.0. The Morgan fingerprint density at radius 1 is 1.29 bits per heavy atom. The Balaban J connectivity index is 1.81. The second-order valence-electron chi connectivity index (χ2n) is 4.66. The highest BCUT2D eigenvalue weighted by Crippen LogP contribution is 2.30. The fourth-order valence-electron chi connectivity index (χ4n) is 2.36. The average molecular weight is 242 g/mol. The third-order valence-electron chi connectivity index (χ3n) is 3.28. The van der Waals surface area contributed by atoms with E-state index in [0.29, 0.717) is 0 Å². The number of aryl methyl sites for hydroxylation is 1. The van der Waals surface area contributed by atoms with Crippen LogP contribution in [-0.2, 0) is 12.8 Å². The van der Waals surface area contributed by atoms with Crippen molar-refractivity contribution in [1.82, 2.24) is 10.1 Å². The van der Waals surface area contributed by atoms with Gasteiger partial charge in [-0.2, -0.15) is 0 Å². The fourth-order valence-corrected chi connectivity index (χ4v) is 2.36. The van der Waals surface area contributed by atoms with Gasteiger partial charge < -0.3 is 9.42 Å². The lowest BCUT2D eigenvalue weighted by Crippen LogP contribution is -2.58. The molecule has 3 rings (SSSR count). The van der Waals surface area contributed by atoms with Crippen molar-refractivity contribution in [3.05, 3.63) is 17.0 Å². The van der Waals surface area contributed by atoms with E-state index >= 15 is 0 Å². The zero-order valence-electron chi connectivity index (χ0n) is 9.21. The highest BCUT2D eigenvalue weighted by molar-refractivity contribution is 5.94. The number of carbonyl (C=O) groups is 1. The van der Waals surface area contributed by atoms with Crippen LogP contribution in [0.3, 0.4) is 0 Å². The summed E-state index contributed by atoms with van der Waals surface area (Å²) in [6.45, 7) is -1.01. The smallest absolute Gasteiger partial charge is 0.282 e. The predicted octanol–water partition coefficient (Wildman–Crippen LogP) is 1.64. The molecule has 92 valence electrons. The summed E-state index contributed by atoms with van der Waals surface area (Å²) in [6, 6.07) is 0. The first kappa shape index (κ1) is 10.7. The van der Waals surface area contributed by atoms with E-state index in [1.807, 2.05) is 0 Å². The van der Waals surface area contributed by atoms with E-state index in [0.717, 1.165) is 41.9 Å². The number of nitrogens with zero attached hydrogens (tertiary/aromatic N) is 2. The van der Waals surface area contributed by atoms with Crippen LogP contribution in [0.2, 0.25) is 0 Å². The van der Waals surface area contributed by atoms with E-state index < -0.39 is 24.9 Å². The number of hydrogen-bond donors (Lipinski definition) is 0. The topological polar surface area (TPSA) is 46.3 Å². The van der Waals surface area contributed by atoms with Crippen molar-refractivity contribution in [1.29, 1.82) is 0 Å². The monoisotopic (exact) mass is 242 g/mol. The molecule has 2 heterocycles. The minimum Gasteiger partial charge on any atom is -0.360 e. The van der Waals surface area contributed by atoms with E-state index in [9.17, 15) is 13.6 Å². The van der Waals surface area contributed by atoms with Gasteiger partial charge in [-0.1, -0.05) is 5.16 Å². The first-order chi connectivity index (χ1) is 8.07. The Bertz CT molecular complexity index is 462. The molecule has 0 unspecified atom stereocenters. The van der Waals surface area contributed by atoms with Crippen LogP contribution >= 0.6 is 0 Å². The van der Waals surface area contributed by atoms with Gasteiger partial charge in [0.05, 0.1) is 13.1 Å². The number of hydrogen-bond acceptors (Lipinski definition) is 3. The van der Waals surface area contributed by atoms with Crippen molar-refractivity contribution in [3.8, 4) is 0 Å². The molecule has 1 aromatic heterocycles. The maximum absolute atomic E-state index is 12.7. The van der Waals surface area contributed by atoms with Crippen LogP contribution in [0, 0.1) is 0 Å². The van der Waals surface area contributed by atoms with Gasteiger partial charge in [0, 0.05) is 12.0 Å². The minimum atomic E-state index is -2.74. The number of carbonyl (C=O) groups excluding carboxylic acids is 1. The lowest BCUT2D eigenvalue weighted by Gasteiger charge is -2.38. The highest BCUT2D eigenvalue weighted by Gasteiger charge is 2.47. The number of alkyl halides is 2. The van der Waals surface area contributed by atoms with Crippen LogP contribution in [0.5, 0.6) is 0 Å². The third-order valence-corrected chi connectivity index (χ3v) is 3.28. The van der Waals surface area contributed by atoms with Gasteiger partial charge in [0.2, 0.25) is 0 Å². The quantitative estimate of drug-likeness (QED) is 0.752. The SMILES string of the molecule is O=C(c1noc2c1CCCC2)N1CC(F)(F)C1. The number of fused-ring (bicyclic) bond motifs is 1. The molecule has 0 aromatic carbocycles. The molecule has 0 saturated carbocycles. The van der Waals surface area contributed by atoms with Crippen LogP contribution in [0.1, 0.15) is 34.7 Å². The van der Waals surface area contributed by atoms with Crippen molar-refractivity contribution < 1.29 is 18.1 Å². The van der Waals surface area contributed by atoms with Crippen LogP contribution in [0.25, 0.3) is 0 Å². The van der Waals surface area contributed by atoms with E-state index in [-0.39, 0.29) is 5.69 Å². The molecule has 1 aromatic rings. The predicted molar refractivity (Wildman–Crippen MR) is 54.0 cm³/mol. The second kappa shape index (κ2) is 3.51. The van der Waals surface area contributed by atoms with E-state index in [1.165, 1.54) is 0 Å². The largest absolute Gasteiger partial charge is 0.360 e. The first-order valence-electron chi connectivity index (χ1n) is 5.71. The molecule has 1 saturated heterocycles. The number of amides is 1. The summed E-state index contributed by atoms with van der Waals surface area (Å²) in [5, 5.41) is 3.74. The van der Waals surface area contributed by atoms with E-state index in [2.05, 4.69) is 5.16 Å². The minimum absolute atomic E-state index is 0.232. The summed E-state index contributed by atoms with van der Waals surface area (Å²) < 4.78 is 30.5. The normalized spacial score (nSPS) is 21.9. The van der Waals surface area contributed by atoms with Crippen LogP contribution in [-0.4, -0.2) is 35.0 Å². The van der Waals surface area contributed by atoms with Gasteiger partial charge in [-0.25, -0.2) is 8.78 Å². The Kier molecular flexibility index (Phi) is 2.21.